The fraction of sp³-hybridized carbons (Fsp3) is 0.111. The average molecular weight is 353 g/mol. The highest BCUT2D eigenvalue weighted by Gasteiger charge is 2.41. The molecule has 0 radical (unpaired) electrons. The van der Waals surface area contributed by atoms with Gasteiger partial charge in [0.2, 0.25) is 0 Å². The molecule has 3 heterocycles. The molecule has 1 aromatic carbocycles. The molecule has 1 aliphatic rings. The highest BCUT2D eigenvalue weighted by molar-refractivity contribution is 7.80. The molecule has 24 heavy (non-hydrogen) atoms. The second kappa shape index (κ2) is 6.22. The number of nitrogens with zero attached hydrogens (tertiary/aromatic N) is 2. The largest absolute Gasteiger partial charge is 0.506 e. The van der Waals surface area contributed by atoms with Crippen molar-refractivity contribution in [2.45, 2.75) is 12.1 Å². The van der Waals surface area contributed by atoms with E-state index in [1.54, 1.807) is 23.6 Å². The lowest BCUT2D eigenvalue weighted by molar-refractivity contribution is 0.473. The summed E-state index contributed by atoms with van der Waals surface area (Å²) in [5, 5.41) is 16.3. The maximum Gasteiger partial charge on any atom is 0.174 e. The zero-order valence-electron chi connectivity index (χ0n) is 12.7. The molecule has 0 spiro atoms. The van der Waals surface area contributed by atoms with Crippen LogP contribution in [0.4, 0.5) is 5.69 Å². The van der Waals surface area contributed by atoms with E-state index in [-0.39, 0.29) is 17.8 Å². The molecular weight excluding hydrogens is 338 g/mol. The van der Waals surface area contributed by atoms with Gasteiger partial charge in [0, 0.05) is 11.1 Å². The molecule has 120 valence electrons. The minimum atomic E-state index is -0.0723. The van der Waals surface area contributed by atoms with E-state index in [9.17, 15) is 5.11 Å². The lowest BCUT2D eigenvalue weighted by Crippen LogP contribution is -2.29. The Morgan fingerprint density at radius 3 is 2.62 bits per heavy atom. The molecule has 1 aliphatic heterocycles. The van der Waals surface area contributed by atoms with Crippen LogP contribution in [0.15, 0.2) is 66.2 Å². The fourth-order valence-corrected chi connectivity index (χ4v) is 4.22. The Morgan fingerprint density at radius 2 is 1.92 bits per heavy atom. The van der Waals surface area contributed by atoms with Gasteiger partial charge in [-0.15, -0.1) is 11.3 Å². The van der Waals surface area contributed by atoms with E-state index in [1.807, 2.05) is 47.4 Å². The number of pyridine rings is 1. The average Bonchev–Trinajstić information content (AvgIpc) is 3.24. The SMILES string of the molecule is Oc1ccccc1N1C(=S)N[C@@H](c2ccccn2)[C@H]1c1cccs1. The van der Waals surface area contributed by atoms with Crippen LogP contribution >= 0.6 is 23.6 Å². The smallest absolute Gasteiger partial charge is 0.174 e. The minimum Gasteiger partial charge on any atom is -0.506 e. The third-order valence-corrected chi connectivity index (χ3v) is 5.33. The zero-order valence-corrected chi connectivity index (χ0v) is 14.3. The quantitative estimate of drug-likeness (QED) is 0.696. The molecule has 3 aromatic rings. The first-order valence-corrected chi connectivity index (χ1v) is 8.86. The maximum absolute atomic E-state index is 10.3. The summed E-state index contributed by atoms with van der Waals surface area (Å²) in [6, 6.07) is 17.1. The second-order valence-electron chi connectivity index (χ2n) is 5.50. The van der Waals surface area contributed by atoms with Crippen molar-refractivity contribution in [1.82, 2.24) is 10.3 Å². The number of thiocarbonyl (C=S) groups is 1. The van der Waals surface area contributed by atoms with Crippen molar-refractivity contribution in [2.75, 3.05) is 4.90 Å². The van der Waals surface area contributed by atoms with Gasteiger partial charge in [0.25, 0.3) is 0 Å². The van der Waals surface area contributed by atoms with E-state index in [2.05, 4.69) is 21.7 Å². The summed E-state index contributed by atoms with van der Waals surface area (Å²) in [6.07, 6.45) is 1.79. The van der Waals surface area contributed by atoms with Gasteiger partial charge in [-0.2, -0.15) is 0 Å². The number of nitrogens with one attached hydrogen (secondary N) is 1. The van der Waals surface area contributed by atoms with Crippen molar-refractivity contribution >= 4 is 34.4 Å². The Hall–Kier alpha value is -2.44. The van der Waals surface area contributed by atoms with E-state index < -0.39 is 0 Å². The molecule has 0 bridgehead atoms. The highest BCUT2D eigenvalue weighted by Crippen LogP contribution is 2.45. The van der Waals surface area contributed by atoms with E-state index in [4.69, 9.17) is 12.2 Å². The number of thiophene rings is 1. The van der Waals surface area contributed by atoms with Gasteiger partial charge in [0.05, 0.1) is 23.5 Å². The lowest BCUT2D eigenvalue weighted by atomic mass is 10.0. The van der Waals surface area contributed by atoms with Crippen LogP contribution < -0.4 is 10.2 Å². The third kappa shape index (κ3) is 2.53. The first-order chi connectivity index (χ1) is 11.8. The first kappa shape index (κ1) is 15.1. The van der Waals surface area contributed by atoms with E-state index >= 15 is 0 Å². The molecule has 6 heteroatoms. The normalized spacial score (nSPS) is 20.2. The molecule has 4 nitrogen and oxygen atoms in total. The number of hydrogen-bond acceptors (Lipinski definition) is 4. The van der Waals surface area contributed by atoms with Crippen molar-refractivity contribution in [3.05, 3.63) is 76.7 Å². The minimum absolute atomic E-state index is 0.0549. The summed E-state index contributed by atoms with van der Waals surface area (Å²) < 4.78 is 0. The molecule has 2 atom stereocenters. The van der Waals surface area contributed by atoms with Crippen molar-refractivity contribution in [2.24, 2.45) is 0 Å². The predicted octanol–water partition coefficient (Wildman–Crippen LogP) is 4.03. The number of aromatic nitrogens is 1. The summed E-state index contributed by atoms with van der Waals surface area (Å²) >= 11 is 7.26. The molecule has 0 unspecified atom stereocenters. The van der Waals surface area contributed by atoms with Crippen LogP contribution in [0, 0.1) is 0 Å². The molecule has 0 saturated carbocycles. The number of benzene rings is 1. The Bertz CT molecular complexity index is 852. The second-order valence-corrected chi connectivity index (χ2v) is 6.87. The van der Waals surface area contributed by atoms with Crippen LogP contribution in [0.2, 0.25) is 0 Å². The van der Waals surface area contributed by atoms with Crippen molar-refractivity contribution < 1.29 is 5.11 Å². The zero-order chi connectivity index (χ0) is 16.5. The van der Waals surface area contributed by atoms with Gasteiger partial charge in [0.15, 0.2) is 5.11 Å². The topological polar surface area (TPSA) is 48.4 Å². The van der Waals surface area contributed by atoms with Gasteiger partial charge in [-0.1, -0.05) is 24.3 Å². The Kier molecular flexibility index (Phi) is 3.92. The van der Waals surface area contributed by atoms with Gasteiger partial charge in [-0.25, -0.2) is 0 Å². The van der Waals surface area contributed by atoms with Crippen molar-refractivity contribution in [3.8, 4) is 5.75 Å². The van der Waals surface area contributed by atoms with Gasteiger partial charge in [0.1, 0.15) is 5.75 Å². The molecule has 0 amide bonds. The molecule has 2 N–H and O–H groups in total. The highest BCUT2D eigenvalue weighted by atomic mass is 32.1. The Labute approximate surface area is 149 Å². The number of anilines is 1. The number of phenols is 1. The third-order valence-electron chi connectivity index (χ3n) is 4.07. The van der Waals surface area contributed by atoms with Gasteiger partial charge in [-0.05, 0) is 47.9 Å². The van der Waals surface area contributed by atoms with Crippen LogP contribution in [0.1, 0.15) is 22.7 Å². The number of aromatic hydroxyl groups is 1. The monoisotopic (exact) mass is 353 g/mol. The maximum atomic E-state index is 10.3. The van der Waals surface area contributed by atoms with Crippen LogP contribution in [0.5, 0.6) is 5.75 Å². The number of rotatable bonds is 3. The first-order valence-electron chi connectivity index (χ1n) is 7.58. The van der Waals surface area contributed by atoms with Crippen LogP contribution in [-0.4, -0.2) is 15.2 Å². The summed E-state index contributed by atoms with van der Waals surface area (Å²) in [7, 11) is 0. The Morgan fingerprint density at radius 1 is 1.08 bits per heavy atom. The van der Waals surface area contributed by atoms with Gasteiger partial charge < -0.3 is 15.3 Å². The van der Waals surface area contributed by atoms with Crippen LogP contribution in [-0.2, 0) is 0 Å². The number of para-hydroxylation sites is 2. The standard InChI is InChI=1S/C18H15N3OS2/c22-14-8-2-1-7-13(14)21-17(15-9-5-11-24-15)16(20-18(21)23)12-6-3-4-10-19-12/h1-11,16-17,22H,(H,20,23)/t16-,17+/m0/s1. The van der Waals surface area contributed by atoms with E-state index in [0.29, 0.717) is 10.8 Å². The molecule has 0 aliphatic carbocycles. The van der Waals surface area contributed by atoms with Crippen molar-refractivity contribution in [3.63, 3.8) is 0 Å². The molecule has 1 fully saturated rings. The number of phenolic OH excluding ortho intramolecular Hbond substituents is 1. The van der Waals surface area contributed by atoms with Crippen LogP contribution in [0.3, 0.4) is 0 Å². The van der Waals surface area contributed by atoms with E-state index in [1.165, 1.54) is 4.88 Å². The summed E-state index contributed by atoms with van der Waals surface area (Å²) in [5.41, 5.74) is 1.63. The predicted molar refractivity (Wildman–Crippen MR) is 100 cm³/mol. The lowest BCUT2D eigenvalue weighted by Gasteiger charge is -2.27. The summed E-state index contributed by atoms with van der Waals surface area (Å²) in [4.78, 5) is 7.65. The van der Waals surface area contributed by atoms with Gasteiger partial charge >= 0.3 is 0 Å². The van der Waals surface area contributed by atoms with Crippen LogP contribution in [0.25, 0.3) is 0 Å². The molecular formula is C18H15N3OS2. The van der Waals surface area contributed by atoms with Gasteiger partial charge in [-0.3, -0.25) is 4.98 Å². The molecule has 4 rings (SSSR count). The van der Waals surface area contributed by atoms with E-state index in [0.717, 1.165) is 5.69 Å². The molecule has 1 saturated heterocycles. The fourth-order valence-electron chi connectivity index (χ4n) is 3.03. The van der Waals surface area contributed by atoms with Crippen molar-refractivity contribution in [1.29, 1.82) is 0 Å². The number of hydrogen-bond donors (Lipinski definition) is 2. The summed E-state index contributed by atoms with van der Waals surface area (Å²) in [5.74, 6) is 0.213. The molecule has 2 aromatic heterocycles. The Balaban J connectivity index is 1.84. The summed E-state index contributed by atoms with van der Waals surface area (Å²) in [6.45, 7) is 0.